The van der Waals surface area contributed by atoms with Crippen molar-refractivity contribution in [1.29, 1.82) is 0 Å². The predicted octanol–water partition coefficient (Wildman–Crippen LogP) is 4.62. The van der Waals surface area contributed by atoms with Crippen molar-refractivity contribution in [3.05, 3.63) is 67.6 Å². The number of halogens is 2. The van der Waals surface area contributed by atoms with E-state index in [-0.39, 0.29) is 5.69 Å². The fourth-order valence-electron chi connectivity index (χ4n) is 1.55. The minimum atomic E-state index is -0.411. The summed E-state index contributed by atoms with van der Waals surface area (Å²) in [5, 5.41) is 14.4. The Balaban J connectivity index is 2.01. The lowest BCUT2D eigenvalue weighted by molar-refractivity contribution is -0.384. The summed E-state index contributed by atoms with van der Waals surface area (Å²) in [7, 11) is 0. The van der Waals surface area contributed by atoms with Crippen LogP contribution in [0.1, 0.15) is 5.56 Å². The van der Waals surface area contributed by atoms with Gasteiger partial charge in [0.15, 0.2) is 0 Å². The highest BCUT2D eigenvalue weighted by Gasteiger charge is 2.04. The van der Waals surface area contributed by atoms with Crippen LogP contribution in [0.2, 0.25) is 5.02 Å². The second-order valence-corrected chi connectivity index (χ2v) is 5.17. The normalized spacial score (nSPS) is 10.2. The first-order chi connectivity index (χ1) is 9.06. The van der Waals surface area contributed by atoms with Gasteiger partial charge in [0, 0.05) is 28.8 Å². The van der Waals surface area contributed by atoms with Crippen molar-refractivity contribution in [2.24, 2.45) is 0 Å². The highest BCUT2D eigenvalue weighted by Crippen LogP contribution is 2.25. The maximum atomic E-state index is 10.5. The third-order valence-electron chi connectivity index (χ3n) is 2.56. The molecular formula is C13H10BrClN2O2. The first kappa shape index (κ1) is 13.8. The summed E-state index contributed by atoms with van der Waals surface area (Å²) in [6.07, 6.45) is 0. The average molecular weight is 342 g/mol. The van der Waals surface area contributed by atoms with Gasteiger partial charge in [-0.25, -0.2) is 0 Å². The number of hydrogen-bond acceptors (Lipinski definition) is 3. The highest BCUT2D eigenvalue weighted by molar-refractivity contribution is 9.10. The maximum Gasteiger partial charge on any atom is 0.269 e. The molecule has 0 spiro atoms. The van der Waals surface area contributed by atoms with Crippen molar-refractivity contribution in [2.75, 3.05) is 5.32 Å². The van der Waals surface area contributed by atoms with Crippen LogP contribution in [0.25, 0.3) is 0 Å². The molecule has 4 nitrogen and oxygen atoms in total. The van der Waals surface area contributed by atoms with Crippen LogP contribution in [0.15, 0.2) is 46.9 Å². The molecule has 0 aliphatic heterocycles. The van der Waals surface area contributed by atoms with Crippen molar-refractivity contribution >= 4 is 38.9 Å². The molecule has 6 heteroatoms. The first-order valence-electron chi connectivity index (χ1n) is 5.48. The molecule has 0 unspecified atom stereocenters. The smallest absolute Gasteiger partial charge is 0.269 e. The third-order valence-corrected chi connectivity index (χ3v) is 3.80. The van der Waals surface area contributed by atoms with Crippen LogP contribution in [0.5, 0.6) is 0 Å². The van der Waals surface area contributed by atoms with E-state index < -0.39 is 4.92 Å². The number of benzene rings is 2. The van der Waals surface area contributed by atoms with Gasteiger partial charge in [-0.05, 0) is 39.7 Å². The largest absolute Gasteiger partial charge is 0.381 e. The highest BCUT2D eigenvalue weighted by atomic mass is 79.9. The van der Waals surface area contributed by atoms with Gasteiger partial charge in [-0.3, -0.25) is 10.1 Å². The summed E-state index contributed by atoms with van der Waals surface area (Å²) >= 11 is 9.31. The van der Waals surface area contributed by atoms with Gasteiger partial charge in [-0.1, -0.05) is 23.7 Å². The number of non-ortho nitro benzene ring substituents is 1. The fraction of sp³-hybridized carbons (Fsp3) is 0.0769. The molecule has 0 bridgehead atoms. The topological polar surface area (TPSA) is 55.2 Å². The molecule has 0 aliphatic rings. The Hall–Kier alpha value is -1.59. The Bertz CT molecular complexity index is 602. The lowest BCUT2D eigenvalue weighted by atomic mass is 10.2. The van der Waals surface area contributed by atoms with E-state index in [2.05, 4.69) is 21.2 Å². The second-order valence-electron chi connectivity index (χ2n) is 3.91. The predicted molar refractivity (Wildman–Crippen MR) is 79.6 cm³/mol. The van der Waals surface area contributed by atoms with Crippen LogP contribution in [0.4, 0.5) is 11.4 Å². The van der Waals surface area contributed by atoms with Crippen LogP contribution in [0, 0.1) is 10.1 Å². The summed E-state index contributed by atoms with van der Waals surface area (Å²) in [5.41, 5.74) is 1.95. The minimum Gasteiger partial charge on any atom is -0.381 e. The average Bonchev–Trinajstić information content (AvgIpc) is 2.40. The molecule has 1 N–H and O–H groups in total. The lowest BCUT2D eigenvalue weighted by Crippen LogP contribution is -1.99. The molecule has 0 radical (unpaired) electrons. The van der Waals surface area contributed by atoms with E-state index in [9.17, 15) is 10.1 Å². The molecule has 2 aromatic carbocycles. The van der Waals surface area contributed by atoms with Gasteiger partial charge in [0.2, 0.25) is 0 Å². The molecule has 0 aromatic heterocycles. The monoisotopic (exact) mass is 340 g/mol. The number of nitro benzene ring substituents is 1. The molecule has 0 saturated heterocycles. The second kappa shape index (κ2) is 6.04. The summed E-state index contributed by atoms with van der Waals surface area (Å²) in [5.74, 6) is 0. The van der Waals surface area contributed by atoms with Gasteiger partial charge in [0.05, 0.1) is 9.95 Å². The van der Waals surface area contributed by atoms with Gasteiger partial charge < -0.3 is 5.32 Å². The van der Waals surface area contributed by atoms with E-state index in [4.69, 9.17) is 11.6 Å². The molecule has 0 aliphatic carbocycles. The van der Waals surface area contributed by atoms with Crippen LogP contribution in [-0.2, 0) is 6.54 Å². The van der Waals surface area contributed by atoms with E-state index in [1.165, 1.54) is 12.1 Å². The number of rotatable bonds is 4. The van der Waals surface area contributed by atoms with Gasteiger partial charge in [0.1, 0.15) is 0 Å². The van der Waals surface area contributed by atoms with Crippen molar-refractivity contribution in [3.63, 3.8) is 0 Å². The molecule has 0 saturated carbocycles. The van der Waals surface area contributed by atoms with E-state index in [1.54, 1.807) is 12.1 Å². The van der Waals surface area contributed by atoms with Crippen molar-refractivity contribution in [2.45, 2.75) is 6.54 Å². The summed E-state index contributed by atoms with van der Waals surface area (Å²) in [6, 6.07) is 12.0. The lowest BCUT2D eigenvalue weighted by Gasteiger charge is -2.07. The third kappa shape index (κ3) is 3.68. The Morgan fingerprint density at radius 3 is 2.47 bits per heavy atom. The Morgan fingerprint density at radius 1 is 1.21 bits per heavy atom. The molecule has 2 rings (SSSR count). The number of nitro groups is 1. The van der Waals surface area contributed by atoms with Crippen molar-refractivity contribution < 1.29 is 4.92 Å². The fourth-order valence-corrected chi connectivity index (χ4v) is 1.97. The summed E-state index contributed by atoms with van der Waals surface area (Å²) < 4.78 is 0.843. The molecule has 2 aromatic rings. The molecule has 0 atom stereocenters. The quantitative estimate of drug-likeness (QED) is 0.652. The standard InChI is InChI=1S/C13H10BrClN2O2/c14-12-6-3-10(7-13(12)15)16-8-9-1-4-11(5-2-9)17(18)19/h1-7,16H,8H2. The van der Waals surface area contributed by atoms with E-state index in [0.717, 1.165) is 15.7 Å². The molecule has 19 heavy (non-hydrogen) atoms. The Morgan fingerprint density at radius 2 is 1.89 bits per heavy atom. The van der Waals surface area contributed by atoms with Crippen LogP contribution in [0.3, 0.4) is 0 Å². The molecular weight excluding hydrogens is 332 g/mol. The molecule has 0 amide bonds. The summed E-state index contributed by atoms with van der Waals surface area (Å²) in [6.45, 7) is 0.579. The van der Waals surface area contributed by atoms with E-state index in [1.807, 2.05) is 18.2 Å². The number of nitrogens with one attached hydrogen (secondary N) is 1. The van der Waals surface area contributed by atoms with Crippen molar-refractivity contribution in [3.8, 4) is 0 Å². The maximum absolute atomic E-state index is 10.5. The van der Waals surface area contributed by atoms with Crippen LogP contribution < -0.4 is 5.32 Å². The number of nitrogens with zero attached hydrogens (tertiary/aromatic N) is 1. The Labute approximate surface area is 123 Å². The van der Waals surface area contributed by atoms with E-state index in [0.29, 0.717) is 11.6 Å². The molecule has 0 fully saturated rings. The SMILES string of the molecule is O=[N+]([O-])c1ccc(CNc2ccc(Br)c(Cl)c2)cc1. The first-order valence-corrected chi connectivity index (χ1v) is 6.65. The number of anilines is 1. The molecule has 98 valence electrons. The summed E-state index contributed by atoms with van der Waals surface area (Å²) in [4.78, 5) is 10.1. The Kier molecular flexibility index (Phi) is 4.39. The van der Waals surface area contributed by atoms with Crippen molar-refractivity contribution in [1.82, 2.24) is 0 Å². The number of hydrogen-bond donors (Lipinski definition) is 1. The van der Waals surface area contributed by atoms with Gasteiger partial charge in [0.25, 0.3) is 5.69 Å². The zero-order valence-corrected chi connectivity index (χ0v) is 12.1. The van der Waals surface area contributed by atoms with Crippen LogP contribution in [-0.4, -0.2) is 4.92 Å². The van der Waals surface area contributed by atoms with Gasteiger partial charge >= 0.3 is 0 Å². The minimum absolute atomic E-state index is 0.0930. The van der Waals surface area contributed by atoms with E-state index >= 15 is 0 Å². The zero-order chi connectivity index (χ0) is 13.8. The molecule has 0 heterocycles. The zero-order valence-electron chi connectivity index (χ0n) is 9.77. The van der Waals surface area contributed by atoms with Gasteiger partial charge in [-0.2, -0.15) is 0 Å². The van der Waals surface area contributed by atoms with Gasteiger partial charge in [-0.15, -0.1) is 0 Å². The van der Waals surface area contributed by atoms with Crippen LogP contribution >= 0.6 is 27.5 Å².